The highest BCUT2D eigenvalue weighted by molar-refractivity contribution is 7.89. The summed E-state index contributed by atoms with van der Waals surface area (Å²) >= 11 is 0. The quantitative estimate of drug-likeness (QED) is 0.747. The number of fused-ring (bicyclic) bond motifs is 1. The Hall–Kier alpha value is -2.20. The van der Waals surface area contributed by atoms with Crippen molar-refractivity contribution in [3.63, 3.8) is 0 Å². The number of aromatic nitrogens is 3. The normalized spacial score (nSPS) is 18.5. The minimum absolute atomic E-state index is 0.0693. The molecule has 3 heterocycles. The second kappa shape index (κ2) is 5.92. The molecular formula is C16H20N4O5S. The van der Waals surface area contributed by atoms with Crippen molar-refractivity contribution in [3.05, 3.63) is 44.4 Å². The van der Waals surface area contributed by atoms with Crippen molar-refractivity contribution in [2.45, 2.75) is 43.0 Å². The standard InChI is InChI=1S/C16H20N4O5S/c1-18-9-13(15(21)19(2)16(18)22)26(23,24)20-7-6-12-11(8-20)17-14(25-12)10-4-3-5-10/h9-10H,3-8H2,1-2H3. The molecule has 0 saturated heterocycles. The lowest BCUT2D eigenvalue weighted by atomic mass is 9.85. The molecule has 2 aliphatic rings. The maximum atomic E-state index is 13.0. The van der Waals surface area contributed by atoms with Gasteiger partial charge in [0.25, 0.3) is 5.56 Å². The van der Waals surface area contributed by atoms with Gasteiger partial charge < -0.3 is 8.98 Å². The lowest BCUT2D eigenvalue weighted by Crippen LogP contribution is -2.43. The van der Waals surface area contributed by atoms with Crippen LogP contribution in [0, 0.1) is 0 Å². The molecule has 1 aliphatic carbocycles. The summed E-state index contributed by atoms with van der Waals surface area (Å²) < 4.78 is 34.9. The molecule has 0 aromatic carbocycles. The van der Waals surface area contributed by atoms with Crippen LogP contribution in [-0.2, 0) is 37.1 Å². The van der Waals surface area contributed by atoms with Crippen LogP contribution in [0.25, 0.3) is 0 Å². The number of hydrogen-bond acceptors (Lipinski definition) is 6. The molecule has 0 spiro atoms. The van der Waals surface area contributed by atoms with E-state index < -0.39 is 26.2 Å². The average Bonchev–Trinajstić information content (AvgIpc) is 2.96. The van der Waals surface area contributed by atoms with E-state index in [0.29, 0.717) is 23.9 Å². The second-order valence-electron chi connectivity index (χ2n) is 6.89. The molecule has 10 heteroatoms. The summed E-state index contributed by atoms with van der Waals surface area (Å²) in [5.74, 6) is 1.76. The molecule has 0 amide bonds. The van der Waals surface area contributed by atoms with E-state index in [-0.39, 0.29) is 13.1 Å². The van der Waals surface area contributed by atoms with E-state index in [2.05, 4.69) is 4.98 Å². The molecule has 0 radical (unpaired) electrons. The fraction of sp³-hybridized carbons (Fsp3) is 0.562. The molecule has 1 fully saturated rings. The van der Waals surface area contributed by atoms with Gasteiger partial charge in [0.15, 0.2) is 10.8 Å². The molecule has 0 atom stereocenters. The number of nitrogens with zero attached hydrogens (tertiary/aromatic N) is 4. The lowest BCUT2D eigenvalue weighted by Gasteiger charge is -2.24. The Morgan fingerprint density at radius 3 is 2.62 bits per heavy atom. The van der Waals surface area contributed by atoms with Crippen molar-refractivity contribution in [2.75, 3.05) is 6.54 Å². The Morgan fingerprint density at radius 2 is 1.96 bits per heavy atom. The van der Waals surface area contributed by atoms with E-state index in [9.17, 15) is 18.0 Å². The van der Waals surface area contributed by atoms with Crippen LogP contribution < -0.4 is 11.2 Å². The SMILES string of the molecule is Cn1cc(S(=O)(=O)N2CCc3oc(C4CCC4)nc3C2)c(=O)n(C)c1=O. The Bertz CT molecular complexity index is 1090. The summed E-state index contributed by atoms with van der Waals surface area (Å²) in [6, 6.07) is 0. The van der Waals surface area contributed by atoms with Crippen LogP contribution >= 0.6 is 0 Å². The van der Waals surface area contributed by atoms with E-state index in [1.807, 2.05) is 0 Å². The predicted octanol–water partition coefficient (Wildman–Crippen LogP) is 0.0865. The maximum absolute atomic E-state index is 13.0. The molecule has 2 aromatic heterocycles. The Labute approximate surface area is 149 Å². The van der Waals surface area contributed by atoms with Crippen LogP contribution in [0.15, 0.2) is 25.1 Å². The Morgan fingerprint density at radius 1 is 1.23 bits per heavy atom. The zero-order chi connectivity index (χ0) is 18.6. The number of hydrogen-bond donors (Lipinski definition) is 0. The zero-order valence-electron chi connectivity index (χ0n) is 14.6. The van der Waals surface area contributed by atoms with Crippen LogP contribution in [0.2, 0.25) is 0 Å². The summed E-state index contributed by atoms with van der Waals surface area (Å²) in [7, 11) is -1.36. The molecule has 0 bridgehead atoms. The van der Waals surface area contributed by atoms with Gasteiger partial charge in [-0.1, -0.05) is 6.42 Å². The minimum atomic E-state index is -4.04. The van der Waals surface area contributed by atoms with Gasteiger partial charge >= 0.3 is 5.69 Å². The van der Waals surface area contributed by atoms with Gasteiger partial charge in [0.05, 0.1) is 12.2 Å². The summed E-state index contributed by atoms with van der Waals surface area (Å²) in [6.45, 7) is 0.278. The Kier molecular flexibility index (Phi) is 3.92. The third-order valence-electron chi connectivity index (χ3n) is 5.20. The van der Waals surface area contributed by atoms with Crippen LogP contribution in [0.4, 0.5) is 0 Å². The van der Waals surface area contributed by atoms with Gasteiger partial charge in [-0.25, -0.2) is 18.2 Å². The molecule has 0 N–H and O–H groups in total. The van der Waals surface area contributed by atoms with Gasteiger partial charge in [0.1, 0.15) is 5.76 Å². The lowest BCUT2D eigenvalue weighted by molar-refractivity contribution is 0.314. The first-order chi connectivity index (χ1) is 12.3. The monoisotopic (exact) mass is 380 g/mol. The largest absolute Gasteiger partial charge is 0.445 e. The molecule has 1 aliphatic heterocycles. The number of aryl methyl sites for hydroxylation is 1. The van der Waals surface area contributed by atoms with Crippen molar-refractivity contribution in [1.82, 2.24) is 18.4 Å². The highest BCUT2D eigenvalue weighted by Crippen LogP contribution is 2.37. The topological polar surface area (TPSA) is 107 Å². The fourth-order valence-electron chi connectivity index (χ4n) is 3.32. The number of oxazole rings is 1. The van der Waals surface area contributed by atoms with Gasteiger partial charge in [0, 0.05) is 39.2 Å². The first kappa shape index (κ1) is 17.2. The van der Waals surface area contributed by atoms with Crippen LogP contribution in [0.5, 0.6) is 0 Å². The van der Waals surface area contributed by atoms with Gasteiger partial charge in [0.2, 0.25) is 10.0 Å². The molecule has 9 nitrogen and oxygen atoms in total. The molecular weight excluding hydrogens is 360 g/mol. The Balaban J connectivity index is 1.69. The summed E-state index contributed by atoms with van der Waals surface area (Å²) in [5.41, 5.74) is -0.783. The van der Waals surface area contributed by atoms with Crippen molar-refractivity contribution in [1.29, 1.82) is 0 Å². The molecule has 0 unspecified atom stereocenters. The molecule has 4 rings (SSSR count). The molecule has 1 saturated carbocycles. The van der Waals surface area contributed by atoms with Gasteiger partial charge in [-0.05, 0) is 12.8 Å². The van der Waals surface area contributed by atoms with Crippen LogP contribution in [0.1, 0.15) is 42.5 Å². The van der Waals surface area contributed by atoms with Crippen molar-refractivity contribution in [2.24, 2.45) is 14.1 Å². The van der Waals surface area contributed by atoms with E-state index in [0.717, 1.165) is 40.4 Å². The maximum Gasteiger partial charge on any atom is 0.330 e. The third-order valence-corrected chi connectivity index (χ3v) is 7.02. The smallest absolute Gasteiger partial charge is 0.330 e. The minimum Gasteiger partial charge on any atom is -0.445 e. The van der Waals surface area contributed by atoms with Gasteiger partial charge in [-0.3, -0.25) is 9.36 Å². The van der Waals surface area contributed by atoms with E-state index in [1.165, 1.54) is 18.4 Å². The highest BCUT2D eigenvalue weighted by Gasteiger charge is 2.35. The summed E-state index contributed by atoms with van der Waals surface area (Å²) in [6.07, 6.45) is 4.76. The van der Waals surface area contributed by atoms with Crippen molar-refractivity contribution in [3.8, 4) is 0 Å². The van der Waals surface area contributed by atoms with Crippen molar-refractivity contribution >= 4 is 10.0 Å². The van der Waals surface area contributed by atoms with E-state index in [1.54, 1.807) is 0 Å². The van der Waals surface area contributed by atoms with Crippen LogP contribution in [-0.4, -0.2) is 33.4 Å². The fourth-order valence-corrected chi connectivity index (χ4v) is 4.87. The predicted molar refractivity (Wildman–Crippen MR) is 91.3 cm³/mol. The zero-order valence-corrected chi connectivity index (χ0v) is 15.5. The van der Waals surface area contributed by atoms with E-state index >= 15 is 0 Å². The van der Waals surface area contributed by atoms with E-state index in [4.69, 9.17) is 4.42 Å². The average molecular weight is 380 g/mol. The number of sulfonamides is 1. The van der Waals surface area contributed by atoms with Crippen LogP contribution in [0.3, 0.4) is 0 Å². The van der Waals surface area contributed by atoms with Gasteiger partial charge in [-0.2, -0.15) is 4.31 Å². The number of rotatable bonds is 3. The molecule has 140 valence electrons. The molecule has 26 heavy (non-hydrogen) atoms. The first-order valence-electron chi connectivity index (χ1n) is 8.54. The second-order valence-corrected chi connectivity index (χ2v) is 8.80. The first-order valence-corrected chi connectivity index (χ1v) is 9.98. The summed E-state index contributed by atoms with van der Waals surface area (Å²) in [5, 5.41) is 0. The highest BCUT2D eigenvalue weighted by atomic mass is 32.2. The summed E-state index contributed by atoms with van der Waals surface area (Å²) in [4.78, 5) is 28.2. The third kappa shape index (κ3) is 2.55. The van der Waals surface area contributed by atoms with Gasteiger partial charge in [-0.15, -0.1) is 0 Å². The molecule has 2 aromatic rings. The van der Waals surface area contributed by atoms with Crippen molar-refractivity contribution < 1.29 is 12.8 Å².